The van der Waals surface area contributed by atoms with Crippen LogP contribution in [-0.2, 0) is 6.42 Å². The summed E-state index contributed by atoms with van der Waals surface area (Å²) < 4.78 is 5.65. The van der Waals surface area contributed by atoms with Crippen molar-refractivity contribution in [3.8, 4) is 11.8 Å². The Morgan fingerprint density at radius 1 is 1.21 bits per heavy atom. The Morgan fingerprint density at radius 2 is 1.79 bits per heavy atom. The number of nitriles is 1. The first-order valence-electron chi connectivity index (χ1n) is 4.66. The van der Waals surface area contributed by atoms with Gasteiger partial charge >= 0.3 is 0 Å². The molecule has 0 saturated heterocycles. The van der Waals surface area contributed by atoms with Crippen LogP contribution in [-0.4, -0.2) is 5.60 Å². The first-order valence-corrected chi connectivity index (χ1v) is 4.66. The number of hydrogen-bond donors (Lipinski definition) is 0. The van der Waals surface area contributed by atoms with Crippen LogP contribution < -0.4 is 4.74 Å². The first-order chi connectivity index (χ1) is 6.51. The van der Waals surface area contributed by atoms with Gasteiger partial charge in [-0.25, -0.2) is 0 Å². The molecule has 0 heterocycles. The van der Waals surface area contributed by atoms with E-state index in [2.05, 4.69) is 6.07 Å². The molecule has 0 N–H and O–H groups in total. The highest BCUT2D eigenvalue weighted by atomic mass is 16.5. The van der Waals surface area contributed by atoms with Crippen LogP contribution in [0, 0.1) is 11.3 Å². The van der Waals surface area contributed by atoms with Crippen LogP contribution in [0.1, 0.15) is 26.3 Å². The van der Waals surface area contributed by atoms with Crippen molar-refractivity contribution in [3.05, 3.63) is 29.8 Å². The molecule has 0 aliphatic rings. The minimum absolute atomic E-state index is 0.170. The van der Waals surface area contributed by atoms with Gasteiger partial charge in [-0.2, -0.15) is 5.26 Å². The van der Waals surface area contributed by atoms with E-state index < -0.39 is 0 Å². The minimum Gasteiger partial charge on any atom is -0.488 e. The lowest BCUT2D eigenvalue weighted by Crippen LogP contribution is -2.22. The third kappa shape index (κ3) is 3.49. The Morgan fingerprint density at radius 3 is 2.21 bits per heavy atom. The molecule has 0 amide bonds. The monoisotopic (exact) mass is 189 g/mol. The maximum absolute atomic E-state index is 8.49. The molecule has 0 aliphatic carbocycles. The summed E-state index contributed by atoms with van der Waals surface area (Å²) in [6.07, 6.45) is 0.454. The molecule has 0 atom stereocenters. The molecule has 0 spiro atoms. The van der Waals surface area contributed by atoms with Crippen LogP contribution in [0.4, 0.5) is 0 Å². The highest BCUT2D eigenvalue weighted by Crippen LogP contribution is 2.18. The fraction of sp³-hybridized carbons (Fsp3) is 0.417. The second-order valence-corrected chi connectivity index (χ2v) is 4.19. The molecule has 2 nitrogen and oxygen atoms in total. The van der Waals surface area contributed by atoms with Gasteiger partial charge in [-0.15, -0.1) is 0 Å². The van der Waals surface area contributed by atoms with Gasteiger partial charge < -0.3 is 4.74 Å². The van der Waals surface area contributed by atoms with Crippen LogP contribution in [0.3, 0.4) is 0 Å². The van der Waals surface area contributed by atoms with Crippen molar-refractivity contribution in [1.29, 1.82) is 5.26 Å². The Bertz CT molecular complexity index is 327. The van der Waals surface area contributed by atoms with Crippen molar-refractivity contribution in [2.45, 2.75) is 32.8 Å². The molecule has 0 aliphatic heterocycles. The summed E-state index contributed by atoms with van der Waals surface area (Å²) in [4.78, 5) is 0. The molecule has 2 heteroatoms. The van der Waals surface area contributed by atoms with Gasteiger partial charge in [0.2, 0.25) is 0 Å². The van der Waals surface area contributed by atoms with Crippen molar-refractivity contribution in [1.82, 2.24) is 0 Å². The lowest BCUT2D eigenvalue weighted by atomic mass is 10.1. The van der Waals surface area contributed by atoms with Gasteiger partial charge in [0.15, 0.2) is 0 Å². The molecule has 1 aromatic carbocycles. The van der Waals surface area contributed by atoms with Gasteiger partial charge in [-0.05, 0) is 38.5 Å². The van der Waals surface area contributed by atoms with E-state index >= 15 is 0 Å². The maximum atomic E-state index is 8.49. The summed E-state index contributed by atoms with van der Waals surface area (Å²) in [5.41, 5.74) is 0.852. The summed E-state index contributed by atoms with van der Waals surface area (Å²) in [5, 5.41) is 8.49. The average Bonchev–Trinajstić information content (AvgIpc) is 2.06. The number of ether oxygens (including phenoxy) is 1. The molecule has 74 valence electrons. The van der Waals surface area contributed by atoms with E-state index in [-0.39, 0.29) is 5.60 Å². The van der Waals surface area contributed by atoms with E-state index in [9.17, 15) is 0 Å². The zero-order valence-corrected chi connectivity index (χ0v) is 8.87. The molecular weight excluding hydrogens is 174 g/mol. The van der Waals surface area contributed by atoms with Gasteiger partial charge in [0.25, 0.3) is 0 Å². The third-order valence-corrected chi connectivity index (χ3v) is 1.63. The molecule has 0 unspecified atom stereocenters. The van der Waals surface area contributed by atoms with Gasteiger partial charge in [-0.1, -0.05) is 12.1 Å². The van der Waals surface area contributed by atoms with Crippen molar-refractivity contribution < 1.29 is 4.74 Å². The highest BCUT2D eigenvalue weighted by molar-refractivity contribution is 5.29. The van der Waals surface area contributed by atoms with Crippen molar-refractivity contribution in [2.24, 2.45) is 0 Å². The Hall–Kier alpha value is -1.49. The fourth-order valence-electron chi connectivity index (χ4n) is 1.12. The van der Waals surface area contributed by atoms with Gasteiger partial charge in [-0.3, -0.25) is 0 Å². The van der Waals surface area contributed by atoms with E-state index in [0.29, 0.717) is 6.42 Å². The van der Waals surface area contributed by atoms with E-state index in [0.717, 1.165) is 11.3 Å². The normalized spacial score (nSPS) is 10.7. The molecule has 0 aromatic heterocycles. The third-order valence-electron chi connectivity index (χ3n) is 1.63. The standard InChI is InChI=1S/C12H15NO/c1-12(2,3)14-11-6-4-10(5-7-11)8-9-13/h4-7H,8H2,1-3H3. The van der Waals surface area contributed by atoms with Crippen LogP contribution in [0.25, 0.3) is 0 Å². The summed E-state index contributed by atoms with van der Waals surface area (Å²) in [6.45, 7) is 6.03. The fourth-order valence-corrected chi connectivity index (χ4v) is 1.12. The number of nitrogens with zero attached hydrogens (tertiary/aromatic N) is 1. The zero-order valence-electron chi connectivity index (χ0n) is 8.87. The van der Waals surface area contributed by atoms with Crippen molar-refractivity contribution in [2.75, 3.05) is 0 Å². The molecule has 14 heavy (non-hydrogen) atoms. The molecule has 0 saturated carbocycles. The summed E-state index contributed by atoms with van der Waals surface area (Å²) >= 11 is 0. The van der Waals surface area contributed by atoms with E-state index in [1.54, 1.807) is 0 Å². The highest BCUT2D eigenvalue weighted by Gasteiger charge is 2.10. The second-order valence-electron chi connectivity index (χ2n) is 4.19. The van der Waals surface area contributed by atoms with Gasteiger partial charge in [0, 0.05) is 0 Å². The van der Waals surface area contributed by atoms with E-state index in [1.165, 1.54) is 0 Å². The Labute approximate surface area is 85.1 Å². The molecule has 0 bridgehead atoms. The van der Waals surface area contributed by atoms with Crippen LogP contribution in [0.2, 0.25) is 0 Å². The largest absolute Gasteiger partial charge is 0.488 e. The minimum atomic E-state index is -0.170. The summed E-state index contributed by atoms with van der Waals surface area (Å²) in [5.74, 6) is 0.846. The van der Waals surface area contributed by atoms with Crippen LogP contribution >= 0.6 is 0 Å². The Kier molecular flexibility index (Phi) is 3.14. The topological polar surface area (TPSA) is 33.0 Å². The number of hydrogen-bond acceptors (Lipinski definition) is 2. The van der Waals surface area contributed by atoms with E-state index in [1.807, 2.05) is 45.0 Å². The lowest BCUT2D eigenvalue weighted by molar-refractivity contribution is 0.131. The predicted molar refractivity (Wildman–Crippen MR) is 56.1 cm³/mol. The molecular formula is C12H15NO. The number of benzene rings is 1. The molecule has 1 rings (SSSR count). The lowest BCUT2D eigenvalue weighted by Gasteiger charge is -2.21. The van der Waals surface area contributed by atoms with Crippen molar-refractivity contribution in [3.63, 3.8) is 0 Å². The quantitative estimate of drug-likeness (QED) is 0.716. The van der Waals surface area contributed by atoms with Crippen molar-refractivity contribution >= 4 is 0 Å². The molecule has 1 aromatic rings. The van der Waals surface area contributed by atoms with Crippen LogP contribution in [0.15, 0.2) is 24.3 Å². The van der Waals surface area contributed by atoms with E-state index in [4.69, 9.17) is 10.00 Å². The SMILES string of the molecule is CC(C)(C)Oc1ccc(CC#N)cc1. The zero-order chi connectivity index (χ0) is 10.6. The first kappa shape index (κ1) is 10.6. The number of rotatable bonds is 2. The van der Waals surface area contributed by atoms with Gasteiger partial charge in [0.1, 0.15) is 11.4 Å². The maximum Gasteiger partial charge on any atom is 0.120 e. The second kappa shape index (κ2) is 4.15. The summed E-state index contributed by atoms with van der Waals surface area (Å²) in [6, 6.07) is 9.75. The van der Waals surface area contributed by atoms with Crippen LogP contribution in [0.5, 0.6) is 5.75 Å². The molecule has 0 fully saturated rings. The average molecular weight is 189 g/mol. The molecule has 0 radical (unpaired) electrons. The Balaban J connectivity index is 2.70. The smallest absolute Gasteiger partial charge is 0.120 e. The predicted octanol–water partition coefficient (Wildman–Crippen LogP) is 2.93. The summed E-state index contributed by atoms with van der Waals surface area (Å²) in [7, 11) is 0. The van der Waals surface area contributed by atoms with Gasteiger partial charge in [0.05, 0.1) is 12.5 Å².